The number of hydrogen-bond acceptors (Lipinski definition) is 12. The maximum atomic E-state index is 12.5. The first-order chi connectivity index (χ1) is 19.8. The second-order valence-electron chi connectivity index (χ2n) is 8.60. The molecule has 0 saturated carbocycles. The summed E-state index contributed by atoms with van der Waals surface area (Å²) in [5, 5.41) is 0. The summed E-state index contributed by atoms with van der Waals surface area (Å²) in [4.78, 5) is 49.8. The van der Waals surface area contributed by atoms with E-state index in [0.29, 0.717) is 46.0 Å². The molecule has 0 aromatic rings. The molecule has 0 aliphatic carbocycles. The molecular formula is C29H44O8S4. The van der Waals surface area contributed by atoms with Gasteiger partial charge < -0.3 is 18.9 Å². The van der Waals surface area contributed by atoms with Crippen LogP contribution in [0.3, 0.4) is 0 Å². The number of carbonyl (C=O) groups is 4. The molecule has 0 heterocycles. The standard InChI is InChI=1S/C29H44O8S4/c1-5-13-38-17-9-25(30)34-21-29(22-35-26(31)10-18-39-14-6-2,23-36-27(32)11-19-40-15-7-3)24-37-28(33)12-20-41-16-8-4/h5-8H,1-4,9-24H2. The van der Waals surface area contributed by atoms with Gasteiger partial charge in [-0.25, -0.2) is 0 Å². The van der Waals surface area contributed by atoms with Crippen molar-refractivity contribution >= 4 is 70.9 Å². The summed E-state index contributed by atoms with van der Waals surface area (Å²) in [7, 11) is 0. The minimum absolute atomic E-state index is 0.162. The van der Waals surface area contributed by atoms with Crippen LogP contribution in [0.2, 0.25) is 0 Å². The van der Waals surface area contributed by atoms with Crippen molar-refractivity contribution in [3.8, 4) is 0 Å². The fraction of sp³-hybridized carbons (Fsp3) is 0.586. The first-order valence-electron chi connectivity index (χ1n) is 13.2. The zero-order valence-electron chi connectivity index (χ0n) is 23.9. The molecule has 0 aliphatic heterocycles. The summed E-state index contributed by atoms with van der Waals surface area (Å²) in [5.74, 6) is 3.17. The fourth-order valence-corrected chi connectivity index (χ4v) is 5.34. The average Bonchev–Trinajstić information content (AvgIpc) is 2.97. The first-order valence-corrected chi connectivity index (χ1v) is 17.8. The lowest BCUT2D eigenvalue weighted by atomic mass is 9.92. The molecule has 0 saturated heterocycles. The van der Waals surface area contributed by atoms with Gasteiger partial charge in [-0.15, -0.1) is 26.3 Å². The van der Waals surface area contributed by atoms with Gasteiger partial charge in [-0.05, 0) is 0 Å². The maximum Gasteiger partial charge on any atom is 0.306 e. The smallest absolute Gasteiger partial charge is 0.306 e. The van der Waals surface area contributed by atoms with Gasteiger partial charge in [-0.3, -0.25) is 19.2 Å². The van der Waals surface area contributed by atoms with Crippen LogP contribution in [0.4, 0.5) is 0 Å². The third-order valence-corrected chi connectivity index (χ3v) is 8.76. The van der Waals surface area contributed by atoms with Crippen LogP contribution in [0.15, 0.2) is 50.6 Å². The highest BCUT2D eigenvalue weighted by molar-refractivity contribution is 8.00. The van der Waals surface area contributed by atoms with Crippen molar-refractivity contribution in [3.63, 3.8) is 0 Å². The third-order valence-electron chi connectivity index (χ3n) is 4.90. The molecule has 0 aromatic heterocycles. The lowest BCUT2D eigenvalue weighted by Gasteiger charge is -2.31. The molecule has 41 heavy (non-hydrogen) atoms. The second-order valence-corrected chi connectivity index (χ2v) is 13.2. The van der Waals surface area contributed by atoms with E-state index in [1.54, 1.807) is 24.3 Å². The molecule has 0 radical (unpaired) electrons. The number of rotatable bonds is 28. The Labute approximate surface area is 262 Å². The molecule has 0 fully saturated rings. The fourth-order valence-electron chi connectivity index (χ4n) is 2.76. The molecule has 8 nitrogen and oxygen atoms in total. The van der Waals surface area contributed by atoms with Gasteiger partial charge in [-0.1, -0.05) is 24.3 Å². The molecule has 0 bridgehead atoms. The second kappa shape index (κ2) is 27.1. The highest BCUT2D eigenvalue weighted by Crippen LogP contribution is 2.23. The maximum absolute atomic E-state index is 12.5. The number of thioether (sulfide) groups is 4. The number of carbonyl (C=O) groups excluding carboxylic acids is 4. The van der Waals surface area contributed by atoms with Crippen molar-refractivity contribution in [1.29, 1.82) is 0 Å². The van der Waals surface area contributed by atoms with Gasteiger partial charge in [-0.2, -0.15) is 47.0 Å². The lowest BCUT2D eigenvalue weighted by Crippen LogP contribution is -2.44. The van der Waals surface area contributed by atoms with Gasteiger partial charge >= 0.3 is 23.9 Å². The monoisotopic (exact) mass is 648 g/mol. The number of esters is 4. The van der Waals surface area contributed by atoms with E-state index in [4.69, 9.17) is 18.9 Å². The zero-order valence-corrected chi connectivity index (χ0v) is 27.1. The highest BCUT2D eigenvalue weighted by atomic mass is 32.2. The van der Waals surface area contributed by atoms with Gasteiger partial charge in [0.1, 0.15) is 31.8 Å². The molecule has 0 unspecified atom stereocenters. The van der Waals surface area contributed by atoms with Crippen LogP contribution in [-0.2, 0) is 38.1 Å². The van der Waals surface area contributed by atoms with E-state index in [-0.39, 0.29) is 52.1 Å². The molecule has 0 spiro atoms. The van der Waals surface area contributed by atoms with Crippen LogP contribution in [0.1, 0.15) is 25.7 Å². The topological polar surface area (TPSA) is 105 Å². The van der Waals surface area contributed by atoms with Crippen molar-refractivity contribution in [2.75, 3.05) is 72.5 Å². The van der Waals surface area contributed by atoms with Crippen molar-refractivity contribution in [2.45, 2.75) is 25.7 Å². The molecule has 0 aliphatic rings. The number of hydrogen-bond donors (Lipinski definition) is 0. The predicted molar refractivity (Wildman–Crippen MR) is 175 cm³/mol. The molecule has 232 valence electrons. The quantitative estimate of drug-likeness (QED) is 0.0471. The minimum Gasteiger partial charge on any atom is -0.465 e. The summed E-state index contributed by atoms with van der Waals surface area (Å²) in [6.45, 7) is 13.6. The molecule has 0 amide bonds. The largest absolute Gasteiger partial charge is 0.465 e. The summed E-state index contributed by atoms with van der Waals surface area (Å²) in [6.07, 6.45) is 7.65. The van der Waals surface area contributed by atoms with Gasteiger partial charge in [0.15, 0.2) is 0 Å². The summed E-state index contributed by atoms with van der Waals surface area (Å²) >= 11 is 6.16. The van der Waals surface area contributed by atoms with Crippen molar-refractivity contribution in [3.05, 3.63) is 50.6 Å². The molecule has 0 aromatic carbocycles. The summed E-state index contributed by atoms with van der Waals surface area (Å²) < 4.78 is 22.1. The van der Waals surface area contributed by atoms with Crippen LogP contribution in [-0.4, -0.2) is 96.3 Å². The van der Waals surface area contributed by atoms with E-state index in [1.807, 2.05) is 0 Å². The first kappa shape index (κ1) is 39.2. The summed E-state index contributed by atoms with van der Waals surface area (Å²) in [6, 6.07) is 0. The van der Waals surface area contributed by atoms with E-state index in [1.165, 1.54) is 47.0 Å². The Bertz CT molecular complexity index is 685. The highest BCUT2D eigenvalue weighted by Gasteiger charge is 2.38. The van der Waals surface area contributed by atoms with E-state index >= 15 is 0 Å². The van der Waals surface area contributed by atoms with E-state index < -0.39 is 29.3 Å². The Morgan fingerprint density at radius 1 is 0.463 bits per heavy atom. The third kappa shape index (κ3) is 23.5. The average molecular weight is 649 g/mol. The van der Waals surface area contributed by atoms with E-state index in [0.717, 1.165) is 0 Å². The van der Waals surface area contributed by atoms with E-state index in [9.17, 15) is 19.2 Å². The minimum atomic E-state index is -1.26. The van der Waals surface area contributed by atoms with Crippen molar-refractivity contribution in [2.24, 2.45) is 5.41 Å². The van der Waals surface area contributed by atoms with Gasteiger partial charge in [0.05, 0.1) is 25.7 Å². The Hall–Kier alpha value is -1.76. The van der Waals surface area contributed by atoms with Gasteiger partial charge in [0.25, 0.3) is 0 Å². The van der Waals surface area contributed by atoms with Gasteiger partial charge in [0.2, 0.25) is 0 Å². The van der Waals surface area contributed by atoms with Crippen LogP contribution < -0.4 is 0 Å². The predicted octanol–water partition coefficient (Wildman–Crippen LogP) is 5.38. The Morgan fingerprint density at radius 3 is 0.878 bits per heavy atom. The van der Waals surface area contributed by atoms with Crippen LogP contribution in [0.25, 0.3) is 0 Å². The van der Waals surface area contributed by atoms with E-state index in [2.05, 4.69) is 26.3 Å². The van der Waals surface area contributed by atoms with Crippen LogP contribution in [0, 0.1) is 5.41 Å². The van der Waals surface area contributed by atoms with Gasteiger partial charge in [0, 0.05) is 46.0 Å². The zero-order chi connectivity index (χ0) is 30.6. The number of ether oxygens (including phenoxy) is 4. The SMILES string of the molecule is C=CCSCCC(=O)OCC(COC(=O)CCSCC=C)(COC(=O)CCSCC=C)COC(=O)CCSCC=C. The van der Waals surface area contributed by atoms with Crippen molar-refractivity contribution in [1.82, 2.24) is 0 Å². The van der Waals surface area contributed by atoms with Crippen LogP contribution >= 0.6 is 47.0 Å². The molecule has 0 rings (SSSR count). The molecule has 12 heteroatoms. The molecule has 0 N–H and O–H groups in total. The normalized spacial score (nSPS) is 10.7. The Balaban J connectivity index is 5.51. The Morgan fingerprint density at radius 2 is 0.683 bits per heavy atom. The van der Waals surface area contributed by atoms with Crippen molar-refractivity contribution < 1.29 is 38.1 Å². The summed E-state index contributed by atoms with van der Waals surface area (Å²) in [5.41, 5.74) is -1.26. The molecular weight excluding hydrogens is 605 g/mol. The van der Waals surface area contributed by atoms with Crippen LogP contribution in [0.5, 0.6) is 0 Å². The Kier molecular flexibility index (Phi) is 25.9. The lowest BCUT2D eigenvalue weighted by molar-refractivity contribution is -0.170. The molecule has 0 atom stereocenters.